The number of hydrogen-bond donors (Lipinski definition) is 3. The average Bonchev–Trinajstić information content (AvgIpc) is 3.19. The number of aryl methyl sites for hydroxylation is 1. The molecule has 128 valence electrons. The van der Waals surface area contributed by atoms with Crippen molar-refractivity contribution in [3.8, 4) is 5.75 Å². The lowest BCUT2D eigenvalue weighted by Crippen LogP contribution is -2.15. The summed E-state index contributed by atoms with van der Waals surface area (Å²) in [5.74, 6) is 1.12. The third kappa shape index (κ3) is 2.68. The van der Waals surface area contributed by atoms with Gasteiger partial charge in [0.2, 0.25) is 0 Å². The number of aromatic amines is 2. The minimum atomic E-state index is 0.249. The van der Waals surface area contributed by atoms with Crippen LogP contribution in [0, 0.1) is 6.92 Å². The van der Waals surface area contributed by atoms with Crippen molar-refractivity contribution in [1.29, 1.82) is 0 Å². The van der Waals surface area contributed by atoms with Crippen molar-refractivity contribution >= 4 is 21.8 Å². The molecular formula is C21H23N3O. The Hall–Kier alpha value is -2.72. The Balaban J connectivity index is 1.77. The molecule has 4 rings (SSSR count). The number of ether oxygens (including phenoxy) is 1. The topological polar surface area (TPSA) is 66.8 Å². The standard InChI is InChI=1S/C21H23N3O/c1-13-17(16-5-3-4-6-21(16)24-13)9-14(11-22)19-12-23-20-8-7-15(25-2)10-18(19)20/h3-8,10,12,14,23-24H,9,11,22H2,1-2H3. The van der Waals surface area contributed by atoms with Gasteiger partial charge >= 0.3 is 0 Å². The summed E-state index contributed by atoms with van der Waals surface area (Å²) in [7, 11) is 1.70. The van der Waals surface area contributed by atoms with Gasteiger partial charge in [0, 0.05) is 39.6 Å². The number of fused-ring (bicyclic) bond motifs is 2. The number of H-pyrrole nitrogens is 2. The highest BCUT2D eigenvalue weighted by atomic mass is 16.5. The van der Waals surface area contributed by atoms with E-state index in [2.05, 4.69) is 59.5 Å². The first-order chi connectivity index (χ1) is 12.2. The molecule has 1 atom stereocenters. The van der Waals surface area contributed by atoms with Gasteiger partial charge in [0.25, 0.3) is 0 Å². The lowest BCUT2D eigenvalue weighted by molar-refractivity contribution is 0.415. The average molecular weight is 333 g/mol. The zero-order chi connectivity index (χ0) is 17.4. The lowest BCUT2D eigenvalue weighted by Gasteiger charge is -2.15. The zero-order valence-electron chi connectivity index (χ0n) is 14.6. The molecule has 0 radical (unpaired) electrons. The molecule has 2 aromatic carbocycles. The van der Waals surface area contributed by atoms with E-state index < -0.39 is 0 Å². The second kappa shape index (κ2) is 6.30. The van der Waals surface area contributed by atoms with E-state index in [1.54, 1.807) is 7.11 Å². The van der Waals surface area contributed by atoms with Crippen molar-refractivity contribution in [2.75, 3.05) is 13.7 Å². The number of nitrogens with one attached hydrogen (secondary N) is 2. The number of hydrogen-bond acceptors (Lipinski definition) is 2. The second-order valence-corrected chi connectivity index (χ2v) is 6.57. The highest BCUT2D eigenvalue weighted by molar-refractivity contribution is 5.86. The second-order valence-electron chi connectivity index (χ2n) is 6.57. The van der Waals surface area contributed by atoms with Crippen LogP contribution in [0.25, 0.3) is 21.8 Å². The molecule has 4 N–H and O–H groups in total. The third-order valence-electron chi connectivity index (χ3n) is 5.12. The fraction of sp³-hybridized carbons (Fsp3) is 0.238. The third-order valence-corrected chi connectivity index (χ3v) is 5.12. The number of rotatable bonds is 5. The molecule has 0 aliphatic carbocycles. The quantitative estimate of drug-likeness (QED) is 0.511. The first-order valence-corrected chi connectivity index (χ1v) is 8.62. The van der Waals surface area contributed by atoms with E-state index in [1.807, 2.05) is 6.07 Å². The summed E-state index contributed by atoms with van der Waals surface area (Å²) in [6, 6.07) is 14.6. The summed E-state index contributed by atoms with van der Waals surface area (Å²) in [5, 5.41) is 2.48. The van der Waals surface area contributed by atoms with Crippen LogP contribution in [0.3, 0.4) is 0 Å². The number of methoxy groups -OCH3 is 1. The summed E-state index contributed by atoms with van der Waals surface area (Å²) in [5.41, 5.74) is 12.3. The van der Waals surface area contributed by atoms with Crippen molar-refractivity contribution in [3.63, 3.8) is 0 Å². The van der Waals surface area contributed by atoms with Gasteiger partial charge < -0.3 is 20.4 Å². The first kappa shape index (κ1) is 15.8. The van der Waals surface area contributed by atoms with Crippen LogP contribution in [0.1, 0.15) is 22.7 Å². The van der Waals surface area contributed by atoms with Gasteiger partial charge in [0.1, 0.15) is 5.75 Å². The van der Waals surface area contributed by atoms with E-state index in [0.29, 0.717) is 6.54 Å². The smallest absolute Gasteiger partial charge is 0.119 e. The van der Waals surface area contributed by atoms with Gasteiger partial charge in [0.15, 0.2) is 0 Å². The molecule has 0 aliphatic rings. The van der Waals surface area contributed by atoms with E-state index in [4.69, 9.17) is 10.5 Å². The van der Waals surface area contributed by atoms with Crippen LogP contribution in [0.4, 0.5) is 0 Å². The predicted molar refractivity (Wildman–Crippen MR) is 103 cm³/mol. The van der Waals surface area contributed by atoms with Crippen molar-refractivity contribution < 1.29 is 4.74 Å². The van der Waals surface area contributed by atoms with Crippen LogP contribution >= 0.6 is 0 Å². The Morgan fingerprint density at radius 1 is 1.08 bits per heavy atom. The highest BCUT2D eigenvalue weighted by Crippen LogP contribution is 2.33. The Kier molecular flexibility index (Phi) is 3.98. The van der Waals surface area contributed by atoms with E-state index in [-0.39, 0.29) is 5.92 Å². The van der Waals surface area contributed by atoms with E-state index in [1.165, 1.54) is 33.1 Å². The maximum Gasteiger partial charge on any atom is 0.119 e. The maximum atomic E-state index is 6.18. The number of benzene rings is 2. The summed E-state index contributed by atoms with van der Waals surface area (Å²) in [6.07, 6.45) is 3.00. The zero-order valence-corrected chi connectivity index (χ0v) is 14.6. The molecule has 0 saturated carbocycles. The molecular weight excluding hydrogens is 310 g/mol. The van der Waals surface area contributed by atoms with Crippen LogP contribution in [-0.4, -0.2) is 23.6 Å². The molecule has 4 heteroatoms. The molecule has 0 saturated heterocycles. The largest absolute Gasteiger partial charge is 0.497 e. The Morgan fingerprint density at radius 2 is 1.92 bits per heavy atom. The van der Waals surface area contributed by atoms with E-state index >= 15 is 0 Å². The Labute approximate surface area is 147 Å². The molecule has 4 nitrogen and oxygen atoms in total. The van der Waals surface area contributed by atoms with Gasteiger partial charge in [-0.25, -0.2) is 0 Å². The molecule has 0 bridgehead atoms. The van der Waals surface area contributed by atoms with Crippen molar-refractivity contribution in [1.82, 2.24) is 9.97 Å². The minimum Gasteiger partial charge on any atom is -0.497 e. The predicted octanol–water partition coefficient (Wildman–Crippen LogP) is 4.25. The molecule has 4 aromatic rings. The van der Waals surface area contributed by atoms with Gasteiger partial charge in [-0.15, -0.1) is 0 Å². The highest BCUT2D eigenvalue weighted by Gasteiger charge is 2.19. The molecule has 2 heterocycles. The molecule has 2 aromatic heterocycles. The van der Waals surface area contributed by atoms with Crippen molar-refractivity contribution in [2.24, 2.45) is 5.73 Å². The van der Waals surface area contributed by atoms with Crippen LogP contribution in [0.15, 0.2) is 48.7 Å². The van der Waals surface area contributed by atoms with Gasteiger partial charge in [-0.05, 0) is 55.3 Å². The fourth-order valence-electron chi connectivity index (χ4n) is 3.75. The summed E-state index contributed by atoms with van der Waals surface area (Å²) < 4.78 is 5.39. The summed E-state index contributed by atoms with van der Waals surface area (Å²) >= 11 is 0. The summed E-state index contributed by atoms with van der Waals surface area (Å²) in [4.78, 5) is 6.86. The van der Waals surface area contributed by atoms with Crippen molar-refractivity contribution in [3.05, 3.63) is 65.5 Å². The van der Waals surface area contributed by atoms with Crippen LogP contribution < -0.4 is 10.5 Å². The van der Waals surface area contributed by atoms with E-state index in [0.717, 1.165) is 17.7 Å². The Morgan fingerprint density at radius 3 is 2.72 bits per heavy atom. The molecule has 0 amide bonds. The molecule has 0 fully saturated rings. The molecule has 25 heavy (non-hydrogen) atoms. The first-order valence-electron chi connectivity index (χ1n) is 8.62. The minimum absolute atomic E-state index is 0.249. The monoisotopic (exact) mass is 333 g/mol. The summed E-state index contributed by atoms with van der Waals surface area (Å²) in [6.45, 7) is 2.74. The normalized spacial score (nSPS) is 12.8. The van der Waals surface area contributed by atoms with Gasteiger partial charge in [0.05, 0.1) is 7.11 Å². The number of aromatic nitrogens is 2. The SMILES string of the molecule is COc1ccc2[nH]cc(C(CN)Cc3c(C)[nH]c4ccccc34)c2c1. The molecule has 0 aliphatic heterocycles. The number of nitrogens with two attached hydrogens (primary N) is 1. The Bertz CT molecular complexity index is 1030. The molecule has 1 unspecified atom stereocenters. The maximum absolute atomic E-state index is 6.18. The van der Waals surface area contributed by atoms with Crippen LogP contribution in [0.2, 0.25) is 0 Å². The lowest BCUT2D eigenvalue weighted by atomic mass is 9.90. The van der Waals surface area contributed by atoms with E-state index in [9.17, 15) is 0 Å². The van der Waals surface area contributed by atoms with Crippen LogP contribution in [0.5, 0.6) is 5.75 Å². The van der Waals surface area contributed by atoms with Crippen molar-refractivity contribution in [2.45, 2.75) is 19.3 Å². The fourth-order valence-corrected chi connectivity index (χ4v) is 3.75. The number of para-hydroxylation sites is 1. The van der Waals surface area contributed by atoms with Gasteiger partial charge in [-0.2, -0.15) is 0 Å². The van der Waals surface area contributed by atoms with Crippen LogP contribution in [-0.2, 0) is 6.42 Å². The molecule has 0 spiro atoms. The van der Waals surface area contributed by atoms with Gasteiger partial charge in [-0.1, -0.05) is 18.2 Å². The van der Waals surface area contributed by atoms with Gasteiger partial charge in [-0.3, -0.25) is 0 Å².